The van der Waals surface area contributed by atoms with Crippen LogP contribution in [0.2, 0.25) is 0 Å². The number of hydrogen-bond acceptors (Lipinski definition) is 7. The molecule has 0 amide bonds. The molecule has 142 valence electrons. The summed E-state index contributed by atoms with van der Waals surface area (Å²) in [5.74, 6) is 1.05. The van der Waals surface area contributed by atoms with E-state index in [1.165, 1.54) is 41.6 Å². The van der Waals surface area contributed by atoms with Crippen LogP contribution in [0.4, 0.5) is 4.39 Å². The molecule has 0 radical (unpaired) electrons. The molecule has 3 aromatic heterocycles. The lowest BCUT2D eigenvalue weighted by atomic mass is 9.89. The second-order valence-electron chi connectivity index (χ2n) is 6.79. The van der Waals surface area contributed by atoms with Gasteiger partial charge in [0.1, 0.15) is 10.8 Å². The van der Waals surface area contributed by atoms with Gasteiger partial charge >= 0.3 is 0 Å². The molecule has 3 heterocycles. The number of hydrogen-bond donors (Lipinski definition) is 0. The van der Waals surface area contributed by atoms with Crippen molar-refractivity contribution in [1.29, 1.82) is 0 Å². The molecule has 5 rings (SSSR count). The molecule has 9 heteroatoms. The van der Waals surface area contributed by atoms with E-state index >= 15 is 0 Å². The summed E-state index contributed by atoms with van der Waals surface area (Å²) >= 11 is 1.28. The highest BCUT2D eigenvalue weighted by atomic mass is 32.2. The van der Waals surface area contributed by atoms with Gasteiger partial charge in [0.2, 0.25) is 5.89 Å². The third-order valence-corrected chi connectivity index (χ3v) is 5.69. The maximum Gasteiger partial charge on any atom is 0.283 e. The van der Waals surface area contributed by atoms with Crippen molar-refractivity contribution in [1.82, 2.24) is 30.0 Å². The average molecular weight is 396 g/mol. The molecule has 0 spiro atoms. The van der Waals surface area contributed by atoms with Crippen LogP contribution in [0.5, 0.6) is 0 Å². The Hall–Kier alpha value is -2.81. The van der Waals surface area contributed by atoms with Crippen molar-refractivity contribution >= 4 is 17.4 Å². The summed E-state index contributed by atoms with van der Waals surface area (Å²) in [4.78, 5) is 0. The zero-order chi connectivity index (χ0) is 18.9. The average Bonchev–Trinajstić information content (AvgIpc) is 3.36. The summed E-state index contributed by atoms with van der Waals surface area (Å²) in [6.45, 7) is 0. The van der Waals surface area contributed by atoms with Gasteiger partial charge in [-0.15, -0.1) is 20.4 Å². The molecule has 1 aromatic carbocycles. The first-order valence-electron chi connectivity index (χ1n) is 9.26. The molecule has 0 N–H and O–H groups in total. The molecule has 0 atom stereocenters. The van der Waals surface area contributed by atoms with Crippen LogP contribution < -0.4 is 0 Å². The monoisotopic (exact) mass is 396 g/mol. The molecular weight excluding hydrogens is 379 g/mol. The van der Waals surface area contributed by atoms with E-state index in [1.54, 1.807) is 24.3 Å². The number of benzene rings is 1. The normalized spacial score (nSPS) is 15.3. The molecule has 28 heavy (non-hydrogen) atoms. The lowest BCUT2D eigenvalue weighted by molar-refractivity contribution is 0.334. The van der Waals surface area contributed by atoms with Crippen molar-refractivity contribution in [3.63, 3.8) is 0 Å². The number of rotatable bonds is 4. The first-order valence-corrected chi connectivity index (χ1v) is 10.1. The summed E-state index contributed by atoms with van der Waals surface area (Å²) in [6.07, 6.45) is 5.90. The Morgan fingerprint density at radius 3 is 2.68 bits per heavy atom. The smallest absolute Gasteiger partial charge is 0.283 e. The molecule has 1 aliphatic carbocycles. The second kappa shape index (κ2) is 7.31. The van der Waals surface area contributed by atoms with E-state index < -0.39 is 0 Å². The number of halogens is 1. The van der Waals surface area contributed by atoms with Crippen LogP contribution in [0.25, 0.3) is 17.0 Å². The first-order chi connectivity index (χ1) is 13.8. The number of fused-ring (bicyclic) bond motifs is 1. The Morgan fingerprint density at radius 2 is 1.82 bits per heavy atom. The highest BCUT2D eigenvalue weighted by molar-refractivity contribution is 7.99. The molecule has 1 saturated carbocycles. The van der Waals surface area contributed by atoms with Crippen molar-refractivity contribution in [3.8, 4) is 11.4 Å². The van der Waals surface area contributed by atoms with Gasteiger partial charge in [-0.25, -0.2) is 4.39 Å². The molecule has 0 saturated heterocycles. The van der Waals surface area contributed by atoms with Crippen LogP contribution in [-0.4, -0.2) is 30.0 Å². The van der Waals surface area contributed by atoms with E-state index in [2.05, 4.69) is 25.5 Å². The minimum atomic E-state index is -0.370. The van der Waals surface area contributed by atoms with Crippen molar-refractivity contribution in [2.75, 3.05) is 0 Å². The maximum atomic E-state index is 14.2. The van der Waals surface area contributed by atoms with Gasteiger partial charge in [-0.3, -0.25) is 0 Å². The highest BCUT2D eigenvalue weighted by Crippen LogP contribution is 2.34. The summed E-state index contributed by atoms with van der Waals surface area (Å²) in [6, 6.07) is 10.0. The number of aromatic nitrogens is 6. The maximum absolute atomic E-state index is 14.2. The van der Waals surface area contributed by atoms with E-state index in [0.717, 1.165) is 12.8 Å². The minimum Gasteiger partial charge on any atom is -0.415 e. The third kappa shape index (κ3) is 3.26. The Labute approximate surface area is 164 Å². The first kappa shape index (κ1) is 17.3. The topological polar surface area (TPSA) is 82.0 Å². The molecule has 1 fully saturated rings. The Bertz CT molecular complexity index is 1120. The van der Waals surface area contributed by atoms with Crippen LogP contribution in [0.3, 0.4) is 0 Å². The van der Waals surface area contributed by atoms with Gasteiger partial charge in [0.25, 0.3) is 5.22 Å². The van der Waals surface area contributed by atoms with E-state index in [9.17, 15) is 4.39 Å². The van der Waals surface area contributed by atoms with E-state index in [0.29, 0.717) is 39.1 Å². The van der Waals surface area contributed by atoms with Crippen molar-refractivity contribution in [2.45, 2.75) is 48.3 Å². The van der Waals surface area contributed by atoms with Crippen LogP contribution in [0.15, 0.2) is 51.1 Å². The Kier molecular flexibility index (Phi) is 4.52. The summed E-state index contributed by atoms with van der Waals surface area (Å²) < 4.78 is 21.5. The third-order valence-electron chi connectivity index (χ3n) is 4.92. The van der Waals surface area contributed by atoms with Crippen LogP contribution in [-0.2, 0) is 0 Å². The lowest BCUT2D eigenvalue weighted by Gasteiger charge is -2.17. The van der Waals surface area contributed by atoms with E-state index in [1.807, 2.05) is 6.07 Å². The van der Waals surface area contributed by atoms with Crippen LogP contribution in [0, 0.1) is 5.82 Å². The zero-order valence-electron chi connectivity index (χ0n) is 15.0. The Balaban J connectivity index is 1.43. The summed E-state index contributed by atoms with van der Waals surface area (Å²) in [5.41, 5.74) is 0.887. The molecule has 1 aliphatic rings. The SMILES string of the molecule is Fc1ccccc1-c1nnc2ccc(Sc3nnc(C4CCCCC4)o3)nn12. The molecule has 0 bridgehead atoms. The van der Waals surface area contributed by atoms with Gasteiger partial charge in [0.05, 0.1) is 5.56 Å². The standard InChI is InChI=1S/C19H17FN6OS/c20-14-9-5-4-8-13(14)17-22-21-15-10-11-16(25-26(15)17)28-19-24-23-18(27-19)12-6-2-1-3-7-12/h4-5,8-12H,1-3,6-7H2. The fraction of sp³-hybridized carbons (Fsp3) is 0.316. The van der Waals surface area contributed by atoms with Crippen LogP contribution in [0.1, 0.15) is 43.9 Å². The van der Waals surface area contributed by atoms with Gasteiger partial charge in [0, 0.05) is 5.92 Å². The largest absolute Gasteiger partial charge is 0.415 e. The molecule has 4 aromatic rings. The lowest BCUT2D eigenvalue weighted by Crippen LogP contribution is -2.04. The minimum absolute atomic E-state index is 0.349. The number of nitrogens with zero attached hydrogens (tertiary/aromatic N) is 6. The molecule has 0 unspecified atom stereocenters. The fourth-order valence-corrected chi connectivity index (χ4v) is 4.15. The quantitative estimate of drug-likeness (QED) is 0.502. The molecule has 0 aliphatic heterocycles. The van der Waals surface area contributed by atoms with Crippen molar-refractivity contribution < 1.29 is 8.81 Å². The molecule has 7 nitrogen and oxygen atoms in total. The van der Waals surface area contributed by atoms with Gasteiger partial charge < -0.3 is 4.42 Å². The summed E-state index contributed by atoms with van der Waals surface area (Å²) in [7, 11) is 0. The highest BCUT2D eigenvalue weighted by Gasteiger charge is 2.22. The van der Waals surface area contributed by atoms with Crippen molar-refractivity contribution in [2.24, 2.45) is 0 Å². The summed E-state index contributed by atoms with van der Waals surface area (Å²) in [5, 5.41) is 22.2. The predicted octanol–water partition coefficient (Wildman–Crippen LogP) is 4.51. The van der Waals surface area contributed by atoms with E-state index in [-0.39, 0.29) is 5.82 Å². The van der Waals surface area contributed by atoms with Gasteiger partial charge in [-0.05, 0) is 48.9 Å². The van der Waals surface area contributed by atoms with Gasteiger partial charge in [0.15, 0.2) is 11.5 Å². The molecular formula is C19H17FN6OS. The second-order valence-corrected chi connectivity index (χ2v) is 7.76. The van der Waals surface area contributed by atoms with Crippen LogP contribution >= 0.6 is 11.8 Å². The fourth-order valence-electron chi connectivity index (χ4n) is 3.50. The Morgan fingerprint density at radius 1 is 0.964 bits per heavy atom. The van der Waals surface area contributed by atoms with Gasteiger partial charge in [-0.2, -0.15) is 9.61 Å². The van der Waals surface area contributed by atoms with E-state index in [4.69, 9.17) is 4.42 Å². The van der Waals surface area contributed by atoms with Gasteiger partial charge in [-0.1, -0.05) is 31.4 Å². The zero-order valence-corrected chi connectivity index (χ0v) is 15.8. The van der Waals surface area contributed by atoms with Crippen molar-refractivity contribution in [3.05, 3.63) is 48.1 Å². The predicted molar refractivity (Wildman–Crippen MR) is 100 cm³/mol.